The van der Waals surface area contributed by atoms with Crippen LogP contribution in [0.2, 0.25) is 5.02 Å². The topological polar surface area (TPSA) is 63.1 Å². The van der Waals surface area contributed by atoms with Crippen molar-refractivity contribution in [1.82, 2.24) is 9.97 Å². The van der Waals surface area contributed by atoms with Gasteiger partial charge in [0.15, 0.2) is 0 Å². The minimum absolute atomic E-state index is 0.120. The number of aromatic carboxylic acids is 1. The molecule has 0 saturated carbocycles. The van der Waals surface area contributed by atoms with E-state index in [9.17, 15) is 4.79 Å². The van der Waals surface area contributed by atoms with E-state index in [-0.39, 0.29) is 5.56 Å². The Kier molecular flexibility index (Phi) is 3.06. The summed E-state index contributed by atoms with van der Waals surface area (Å²) in [5, 5.41) is 9.75. The van der Waals surface area contributed by atoms with Crippen molar-refractivity contribution in [2.75, 3.05) is 0 Å². The maximum absolute atomic E-state index is 11.2. The van der Waals surface area contributed by atoms with E-state index in [4.69, 9.17) is 16.7 Å². The molecule has 0 fully saturated rings. The predicted octanol–water partition coefficient (Wildman–Crippen LogP) is 2.80. The molecule has 1 aromatic carbocycles. The average molecular weight is 249 g/mol. The van der Waals surface area contributed by atoms with Gasteiger partial charge in [0.05, 0.1) is 11.4 Å². The summed E-state index contributed by atoms with van der Waals surface area (Å²) in [5.41, 5.74) is 1.67. The predicted molar refractivity (Wildman–Crippen MR) is 64.2 cm³/mol. The van der Waals surface area contributed by atoms with Crippen LogP contribution < -0.4 is 0 Å². The Morgan fingerprint density at radius 2 is 1.88 bits per heavy atom. The number of benzene rings is 1. The van der Waals surface area contributed by atoms with E-state index in [1.807, 2.05) is 0 Å². The molecule has 2 aromatic rings. The Morgan fingerprint density at radius 1 is 1.24 bits per heavy atom. The summed E-state index contributed by atoms with van der Waals surface area (Å²) in [7, 11) is 0. The van der Waals surface area contributed by atoms with Crippen LogP contribution in [0.5, 0.6) is 0 Å². The fourth-order valence-electron chi connectivity index (χ4n) is 1.56. The lowest BCUT2D eigenvalue weighted by Crippen LogP contribution is -2.06. The molecule has 86 valence electrons. The zero-order valence-electron chi connectivity index (χ0n) is 9.01. The Morgan fingerprint density at radius 3 is 2.47 bits per heavy atom. The number of rotatable bonds is 2. The van der Waals surface area contributed by atoms with Gasteiger partial charge in [-0.05, 0) is 19.1 Å². The quantitative estimate of drug-likeness (QED) is 0.888. The fourth-order valence-corrected chi connectivity index (χ4v) is 1.68. The summed E-state index contributed by atoms with van der Waals surface area (Å²) in [6.45, 7) is 1.64. The molecule has 0 radical (unpaired) electrons. The van der Waals surface area contributed by atoms with Gasteiger partial charge in [-0.1, -0.05) is 23.7 Å². The molecule has 0 aliphatic carbocycles. The fraction of sp³-hybridized carbons (Fsp3) is 0.0833. The minimum atomic E-state index is -1.03. The summed E-state index contributed by atoms with van der Waals surface area (Å²) < 4.78 is 0. The summed E-state index contributed by atoms with van der Waals surface area (Å²) >= 11 is 5.78. The van der Waals surface area contributed by atoms with E-state index in [0.29, 0.717) is 22.0 Å². The second-order valence-electron chi connectivity index (χ2n) is 3.49. The van der Waals surface area contributed by atoms with Crippen LogP contribution in [0.1, 0.15) is 16.1 Å². The molecule has 0 unspecified atom stereocenters. The largest absolute Gasteiger partial charge is 0.478 e. The Bertz CT molecular complexity index is 567. The molecular weight excluding hydrogens is 240 g/mol. The lowest BCUT2D eigenvalue weighted by molar-refractivity contribution is 0.0696. The maximum atomic E-state index is 11.2. The van der Waals surface area contributed by atoms with Gasteiger partial charge in [0.25, 0.3) is 0 Å². The zero-order chi connectivity index (χ0) is 12.4. The Labute approximate surface area is 103 Å². The minimum Gasteiger partial charge on any atom is -0.478 e. The lowest BCUT2D eigenvalue weighted by Gasteiger charge is -2.06. The number of nitrogens with zero attached hydrogens (tertiary/aromatic N) is 2. The van der Waals surface area contributed by atoms with Crippen molar-refractivity contribution >= 4 is 17.6 Å². The first-order valence-electron chi connectivity index (χ1n) is 4.90. The zero-order valence-corrected chi connectivity index (χ0v) is 9.77. The van der Waals surface area contributed by atoms with Gasteiger partial charge in [-0.25, -0.2) is 14.8 Å². The lowest BCUT2D eigenvalue weighted by atomic mass is 10.1. The second kappa shape index (κ2) is 4.51. The molecule has 0 spiro atoms. The number of carboxylic acids is 1. The third-order valence-electron chi connectivity index (χ3n) is 2.37. The molecule has 0 atom stereocenters. The molecule has 0 aliphatic heterocycles. The van der Waals surface area contributed by atoms with E-state index in [1.165, 1.54) is 6.33 Å². The number of carboxylic acid groups (broad SMARTS) is 1. The third kappa shape index (κ3) is 2.26. The highest BCUT2D eigenvalue weighted by atomic mass is 35.5. The Hall–Kier alpha value is -1.94. The molecule has 0 saturated heterocycles. The van der Waals surface area contributed by atoms with Gasteiger partial charge in [-0.2, -0.15) is 0 Å². The van der Waals surface area contributed by atoms with Gasteiger partial charge in [0, 0.05) is 10.6 Å². The van der Waals surface area contributed by atoms with E-state index in [2.05, 4.69) is 9.97 Å². The first-order chi connectivity index (χ1) is 8.09. The highest BCUT2D eigenvalue weighted by Gasteiger charge is 2.16. The Balaban J connectivity index is 2.63. The van der Waals surface area contributed by atoms with Crippen molar-refractivity contribution in [1.29, 1.82) is 0 Å². The second-order valence-corrected chi connectivity index (χ2v) is 3.93. The molecule has 1 N–H and O–H groups in total. The van der Waals surface area contributed by atoms with Crippen LogP contribution in [0.3, 0.4) is 0 Å². The SMILES string of the molecule is Cc1ncnc(-c2ccc(Cl)cc2)c1C(=O)O. The van der Waals surface area contributed by atoms with Gasteiger partial charge in [-0.15, -0.1) is 0 Å². The van der Waals surface area contributed by atoms with Crippen molar-refractivity contribution < 1.29 is 9.90 Å². The smallest absolute Gasteiger partial charge is 0.339 e. The maximum Gasteiger partial charge on any atom is 0.339 e. The van der Waals surface area contributed by atoms with Gasteiger partial charge in [-0.3, -0.25) is 0 Å². The summed E-state index contributed by atoms with van der Waals surface area (Å²) in [4.78, 5) is 19.1. The van der Waals surface area contributed by atoms with E-state index < -0.39 is 5.97 Å². The summed E-state index contributed by atoms with van der Waals surface area (Å²) in [6, 6.07) is 6.85. The van der Waals surface area contributed by atoms with Crippen LogP contribution in [0.15, 0.2) is 30.6 Å². The third-order valence-corrected chi connectivity index (χ3v) is 2.62. The number of halogens is 1. The highest BCUT2D eigenvalue weighted by Crippen LogP contribution is 2.24. The molecule has 5 heteroatoms. The van der Waals surface area contributed by atoms with Crippen molar-refractivity contribution in [3.05, 3.63) is 46.9 Å². The number of hydrogen-bond acceptors (Lipinski definition) is 3. The monoisotopic (exact) mass is 248 g/mol. The molecule has 0 bridgehead atoms. The first-order valence-corrected chi connectivity index (χ1v) is 5.28. The van der Waals surface area contributed by atoms with Crippen LogP contribution in [-0.2, 0) is 0 Å². The highest BCUT2D eigenvalue weighted by molar-refractivity contribution is 6.30. The van der Waals surface area contributed by atoms with Crippen molar-refractivity contribution in [2.45, 2.75) is 6.92 Å². The van der Waals surface area contributed by atoms with Crippen molar-refractivity contribution in [3.63, 3.8) is 0 Å². The summed E-state index contributed by atoms with van der Waals surface area (Å²) in [5.74, 6) is -1.03. The molecule has 1 aromatic heterocycles. The van der Waals surface area contributed by atoms with Gasteiger partial charge in [0.2, 0.25) is 0 Å². The number of aryl methyl sites for hydroxylation is 1. The van der Waals surface area contributed by atoms with Gasteiger partial charge >= 0.3 is 5.97 Å². The number of aromatic nitrogens is 2. The molecule has 2 rings (SSSR count). The average Bonchev–Trinajstić information content (AvgIpc) is 2.29. The first kappa shape index (κ1) is 11.5. The van der Waals surface area contributed by atoms with Crippen LogP contribution >= 0.6 is 11.6 Å². The molecule has 1 heterocycles. The van der Waals surface area contributed by atoms with E-state index in [0.717, 1.165) is 0 Å². The molecule has 0 amide bonds. The summed E-state index contributed by atoms with van der Waals surface area (Å²) in [6.07, 6.45) is 1.35. The van der Waals surface area contributed by atoms with Gasteiger partial charge < -0.3 is 5.11 Å². The molecule has 0 aliphatic rings. The number of carbonyl (C=O) groups is 1. The van der Waals surface area contributed by atoms with E-state index in [1.54, 1.807) is 31.2 Å². The molecular formula is C12H9ClN2O2. The molecule has 17 heavy (non-hydrogen) atoms. The van der Waals surface area contributed by atoms with Crippen LogP contribution in [-0.4, -0.2) is 21.0 Å². The van der Waals surface area contributed by atoms with Crippen LogP contribution in [0, 0.1) is 6.92 Å². The van der Waals surface area contributed by atoms with Crippen LogP contribution in [0.4, 0.5) is 0 Å². The van der Waals surface area contributed by atoms with E-state index >= 15 is 0 Å². The van der Waals surface area contributed by atoms with Crippen molar-refractivity contribution in [3.8, 4) is 11.3 Å². The van der Waals surface area contributed by atoms with Gasteiger partial charge in [0.1, 0.15) is 11.9 Å². The number of hydrogen-bond donors (Lipinski definition) is 1. The normalized spacial score (nSPS) is 10.2. The molecule has 4 nitrogen and oxygen atoms in total. The van der Waals surface area contributed by atoms with Crippen molar-refractivity contribution in [2.24, 2.45) is 0 Å². The standard InChI is InChI=1S/C12H9ClN2O2/c1-7-10(12(16)17)11(15-6-14-7)8-2-4-9(13)5-3-8/h2-6H,1H3,(H,16,17). The van der Waals surface area contributed by atoms with Crippen LogP contribution in [0.25, 0.3) is 11.3 Å².